The second-order valence-corrected chi connectivity index (χ2v) is 4.42. The van der Waals surface area contributed by atoms with Crippen LogP contribution < -0.4 is 15.8 Å². The van der Waals surface area contributed by atoms with Gasteiger partial charge in [-0.1, -0.05) is 11.6 Å². The van der Waals surface area contributed by atoms with Gasteiger partial charge in [-0.3, -0.25) is 0 Å². The maximum Gasteiger partial charge on any atom is 0.188 e. The van der Waals surface area contributed by atoms with E-state index in [0.717, 1.165) is 5.75 Å². The van der Waals surface area contributed by atoms with Gasteiger partial charge in [0.25, 0.3) is 0 Å². The molecule has 0 bridgehead atoms. The molecule has 1 aromatic rings. The average Bonchev–Trinajstić information content (AvgIpc) is 3.11. The zero-order valence-electron chi connectivity index (χ0n) is 9.53. The molecule has 0 aromatic heterocycles. The van der Waals surface area contributed by atoms with Gasteiger partial charge in [0.05, 0.1) is 6.54 Å². The van der Waals surface area contributed by atoms with E-state index in [-0.39, 0.29) is 0 Å². The Kier molecular flexibility index (Phi) is 4.09. The van der Waals surface area contributed by atoms with Crippen molar-refractivity contribution in [2.24, 2.45) is 10.7 Å². The number of nitrogens with zero attached hydrogens (tertiary/aromatic N) is 1. The Morgan fingerprint density at radius 1 is 1.41 bits per heavy atom. The Hall–Kier alpha value is -1.42. The molecule has 1 aliphatic rings. The molecule has 1 aromatic carbocycles. The summed E-state index contributed by atoms with van der Waals surface area (Å²) in [5.74, 6) is 1.30. The number of halogens is 1. The first kappa shape index (κ1) is 12.0. The molecule has 0 amide bonds. The maximum atomic E-state index is 5.77. The number of nitrogens with one attached hydrogen (secondary N) is 1. The monoisotopic (exact) mass is 253 g/mol. The van der Waals surface area contributed by atoms with Crippen LogP contribution in [0.4, 0.5) is 0 Å². The third-order valence-corrected chi connectivity index (χ3v) is 2.64. The lowest BCUT2D eigenvalue weighted by Crippen LogP contribution is -2.33. The van der Waals surface area contributed by atoms with Crippen LogP contribution in [0.3, 0.4) is 0 Å². The lowest BCUT2D eigenvalue weighted by molar-refractivity contribution is 0.328. The molecule has 0 aliphatic heterocycles. The van der Waals surface area contributed by atoms with Gasteiger partial charge in [-0.25, -0.2) is 4.99 Å². The Morgan fingerprint density at radius 2 is 2.12 bits per heavy atom. The topological polar surface area (TPSA) is 59.6 Å². The minimum absolute atomic E-state index is 0.507. The fourth-order valence-corrected chi connectivity index (χ4v) is 1.47. The molecule has 0 heterocycles. The number of hydrogen-bond acceptors (Lipinski definition) is 2. The summed E-state index contributed by atoms with van der Waals surface area (Å²) in [5.41, 5.74) is 5.68. The lowest BCUT2D eigenvalue weighted by Gasteiger charge is -2.05. The number of benzene rings is 1. The highest BCUT2D eigenvalue weighted by molar-refractivity contribution is 6.30. The van der Waals surface area contributed by atoms with E-state index in [1.54, 1.807) is 12.1 Å². The minimum Gasteiger partial charge on any atom is -0.492 e. The SMILES string of the molecule is NC(=NCCOc1ccc(Cl)cc1)NC1CC1. The summed E-state index contributed by atoms with van der Waals surface area (Å²) in [6.45, 7) is 1.06. The maximum absolute atomic E-state index is 5.77. The second-order valence-electron chi connectivity index (χ2n) is 3.99. The molecule has 0 spiro atoms. The van der Waals surface area contributed by atoms with Crippen LogP contribution in [0.15, 0.2) is 29.3 Å². The van der Waals surface area contributed by atoms with Gasteiger partial charge in [0.1, 0.15) is 12.4 Å². The van der Waals surface area contributed by atoms with E-state index in [9.17, 15) is 0 Å². The van der Waals surface area contributed by atoms with Crippen molar-refractivity contribution in [1.29, 1.82) is 0 Å². The van der Waals surface area contributed by atoms with Crippen LogP contribution in [0.2, 0.25) is 5.02 Å². The van der Waals surface area contributed by atoms with Gasteiger partial charge in [0.15, 0.2) is 5.96 Å². The molecule has 1 fully saturated rings. The molecule has 0 saturated heterocycles. The molecule has 0 radical (unpaired) electrons. The summed E-state index contributed by atoms with van der Waals surface area (Å²) in [5, 5.41) is 3.82. The minimum atomic E-state index is 0.507. The zero-order valence-corrected chi connectivity index (χ0v) is 10.3. The fraction of sp³-hybridized carbons (Fsp3) is 0.417. The Morgan fingerprint density at radius 3 is 2.76 bits per heavy atom. The van der Waals surface area contributed by atoms with Gasteiger partial charge in [-0.2, -0.15) is 0 Å². The summed E-state index contributed by atoms with van der Waals surface area (Å²) in [7, 11) is 0. The predicted molar refractivity (Wildman–Crippen MR) is 69.6 cm³/mol. The van der Waals surface area contributed by atoms with E-state index in [1.807, 2.05) is 12.1 Å². The molecule has 2 rings (SSSR count). The summed E-state index contributed by atoms with van der Waals surface area (Å²) in [6.07, 6.45) is 2.38. The van der Waals surface area contributed by atoms with Crippen LogP contribution in [0.5, 0.6) is 5.75 Å². The number of ether oxygens (including phenoxy) is 1. The Balaban J connectivity index is 1.66. The highest BCUT2D eigenvalue weighted by Crippen LogP contribution is 2.18. The normalized spacial score (nSPS) is 15.7. The van der Waals surface area contributed by atoms with Crippen LogP contribution >= 0.6 is 11.6 Å². The van der Waals surface area contributed by atoms with E-state index < -0.39 is 0 Å². The van der Waals surface area contributed by atoms with Crippen molar-refractivity contribution in [3.63, 3.8) is 0 Å². The summed E-state index contributed by atoms with van der Waals surface area (Å²) in [6, 6.07) is 7.79. The molecule has 1 aliphatic carbocycles. The number of aliphatic imine (C=N–C) groups is 1. The standard InChI is InChI=1S/C12H16ClN3O/c13-9-1-5-11(6-2-9)17-8-7-15-12(14)16-10-3-4-10/h1-2,5-6,10H,3-4,7-8H2,(H3,14,15,16). The molecule has 17 heavy (non-hydrogen) atoms. The van der Waals surface area contributed by atoms with Crippen molar-refractivity contribution in [2.45, 2.75) is 18.9 Å². The molecule has 5 heteroatoms. The van der Waals surface area contributed by atoms with Crippen LogP contribution in [0.1, 0.15) is 12.8 Å². The van der Waals surface area contributed by atoms with Gasteiger partial charge >= 0.3 is 0 Å². The van der Waals surface area contributed by atoms with Crippen molar-refractivity contribution < 1.29 is 4.74 Å². The third-order valence-electron chi connectivity index (χ3n) is 2.39. The van der Waals surface area contributed by atoms with E-state index >= 15 is 0 Å². The number of guanidine groups is 1. The van der Waals surface area contributed by atoms with E-state index in [4.69, 9.17) is 22.1 Å². The van der Waals surface area contributed by atoms with Crippen LogP contribution in [0, 0.1) is 0 Å². The van der Waals surface area contributed by atoms with E-state index in [0.29, 0.717) is 30.2 Å². The van der Waals surface area contributed by atoms with Crippen LogP contribution in [0.25, 0.3) is 0 Å². The van der Waals surface area contributed by atoms with Crippen LogP contribution in [-0.2, 0) is 0 Å². The molecule has 1 saturated carbocycles. The van der Waals surface area contributed by atoms with Gasteiger partial charge in [0, 0.05) is 11.1 Å². The molecule has 3 N–H and O–H groups in total. The molecular weight excluding hydrogens is 238 g/mol. The first-order chi connectivity index (χ1) is 8.24. The third kappa shape index (κ3) is 4.53. The van der Waals surface area contributed by atoms with E-state index in [1.165, 1.54) is 12.8 Å². The largest absolute Gasteiger partial charge is 0.492 e. The quantitative estimate of drug-likeness (QED) is 0.478. The molecule has 0 unspecified atom stereocenters. The van der Waals surface area contributed by atoms with Gasteiger partial charge in [-0.15, -0.1) is 0 Å². The van der Waals surface area contributed by atoms with Crippen molar-refractivity contribution in [2.75, 3.05) is 13.2 Å². The Bertz CT molecular complexity index is 387. The molecule has 4 nitrogen and oxygen atoms in total. The molecular formula is C12H16ClN3O. The van der Waals surface area contributed by atoms with Crippen molar-refractivity contribution in [1.82, 2.24) is 5.32 Å². The van der Waals surface area contributed by atoms with E-state index in [2.05, 4.69) is 10.3 Å². The van der Waals surface area contributed by atoms with Gasteiger partial charge < -0.3 is 15.8 Å². The van der Waals surface area contributed by atoms with Crippen molar-refractivity contribution in [3.05, 3.63) is 29.3 Å². The average molecular weight is 254 g/mol. The number of rotatable bonds is 5. The number of nitrogens with two attached hydrogens (primary N) is 1. The van der Waals surface area contributed by atoms with Crippen LogP contribution in [-0.4, -0.2) is 25.2 Å². The first-order valence-electron chi connectivity index (χ1n) is 5.69. The number of hydrogen-bond donors (Lipinski definition) is 2. The fourth-order valence-electron chi connectivity index (χ4n) is 1.34. The molecule has 0 atom stereocenters. The highest BCUT2D eigenvalue weighted by atomic mass is 35.5. The summed E-state index contributed by atoms with van der Waals surface area (Å²) in [4.78, 5) is 4.17. The summed E-state index contributed by atoms with van der Waals surface area (Å²) >= 11 is 5.77. The molecule has 92 valence electrons. The van der Waals surface area contributed by atoms with Crippen molar-refractivity contribution in [3.8, 4) is 5.75 Å². The van der Waals surface area contributed by atoms with Gasteiger partial charge in [0.2, 0.25) is 0 Å². The van der Waals surface area contributed by atoms with Gasteiger partial charge in [-0.05, 0) is 37.1 Å². The van der Waals surface area contributed by atoms with Crippen molar-refractivity contribution >= 4 is 17.6 Å². The lowest BCUT2D eigenvalue weighted by atomic mass is 10.3. The summed E-state index contributed by atoms with van der Waals surface area (Å²) < 4.78 is 5.48. The zero-order chi connectivity index (χ0) is 12.1. The second kappa shape index (κ2) is 5.77. The first-order valence-corrected chi connectivity index (χ1v) is 6.06. The Labute approximate surface area is 106 Å². The highest BCUT2D eigenvalue weighted by Gasteiger charge is 2.21. The predicted octanol–water partition coefficient (Wildman–Crippen LogP) is 1.79. The smallest absolute Gasteiger partial charge is 0.188 e.